The monoisotopic (exact) mass is 293 g/mol. The second-order valence-corrected chi connectivity index (χ2v) is 4.82. The minimum absolute atomic E-state index is 0.0600. The van der Waals surface area contributed by atoms with Gasteiger partial charge in [0.05, 0.1) is 32.8 Å². The molecule has 0 bridgehead atoms. The first-order valence-corrected chi connectivity index (χ1v) is 6.65. The maximum atomic E-state index is 12.1. The maximum Gasteiger partial charge on any atom is 0.313 e. The summed E-state index contributed by atoms with van der Waals surface area (Å²) >= 11 is 0. The van der Waals surface area contributed by atoms with Crippen LogP contribution >= 0.6 is 0 Å². The van der Waals surface area contributed by atoms with Gasteiger partial charge in [-0.2, -0.15) is 0 Å². The van der Waals surface area contributed by atoms with Crippen molar-refractivity contribution in [2.75, 3.05) is 26.6 Å². The molecule has 0 aliphatic carbocycles. The van der Waals surface area contributed by atoms with E-state index in [-0.39, 0.29) is 6.42 Å². The number of carbonyl (C=O) groups excluding carboxylic acids is 2. The van der Waals surface area contributed by atoms with Crippen molar-refractivity contribution in [3.05, 3.63) is 29.8 Å². The Labute approximate surface area is 123 Å². The van der Waals surface area contributed by atoms with Crippen LogP contribution < -0.4 is 5.32 Å². The van der Waals surface area contributed by atoms with Gasteiger partial charge in [-0.05, 0) is 6.07 Å². The molecule has 0 spiro atoms. The lowest BCUT2D eigenvalue weighted by molar-refractivity contribution is -0.153. The van der Waals surface area contributed by atoms with E-state index in [4.69, 9.17) is 14.2 Å². The van der Waals surface area contributed by atoms with Crippen molar-refractivity contribution in [3.8, 4) is 0 Å². The van der Waals surface area contributed by atoms with Crippen molar-refractivity contribution in [1.29, 1.82) is 0 Å². The maximum absolute atomic E-state index is 12.1. The molecule has 0 aromatic heterocycles. The lowest BCUT2D eigenvalue weighted by atomic mass is 9.83. The molecule has 0 fully saturated rings. The Morgan fingerprint density at radius 3 is 2.48 bits per heavy atom. The molecule has 0 radical (unpaired) electrons. The van der Waals surface area contributed by atoms with Crippen LogP contribution in [0.5, 0.6) is 0 Å². The van der Waals surface area contributed by atoms with Gasteiger partial charge in [0.15, 0.2) is 0 Å². The number of hydrogen-bond acceptors (Lipinski definition) is 6. The second kappa shape index (κ2) is 6.58. The zero-order valence-electron chi connectivity index (χ0n) is 12.3. The number of ether oxygens (including phenoxy) is 3. The van der Waals surface area contributed by atoms with Gasteiger partial charge in [-0.25, -0.2) is 0 Å². The van der Waals surface area contributed by atoms with Crippen molar-refractivity contribution in [3.63, 3.8) is 0 Å². The van der Waals surface area contributed by atoms with Crippen molar-refractivity contribution < 1.29 is 23.8 Å². The normalized spacial score (nSPS) is 23.7. The van der Waals surface area contributed by atoms with Crippen LogP contribution in [-0.2, 0) is 23.8 Å². The third-order valence-electron chi connectivity index (χ3n) is 3.71. The molecule has 0 saturated heterocycles. The van der Waals surface area contributed by atoms with Gasteiger partial charge in [-0.3, -0.25) is 9.59 Å². The number of methoxy groups -OCH3 is 3. The minimum atomic E-state index is -0.617. The smallest absolute Gasteiger partial charge is 0.313 e. The predicted molar refractivity (Wildman–Crippen MR) is 75.7 cm³/mol. The highest BCUT2D eigenvalue weighted by molar-refractivity contribution is 5.80. The van der Waals surface area contributed by atoms with Gasteiger partial charge in [0, 0.05) is 18.4 Å². The van der Waals surface area contributed by atoms with Crippen LogP contribution in [0.25, 0.3) is 0 Å². The number of fused-ring (bicyclic) bond motifs is 1. The number of nitrogens with one attached hydrogen (secondary N) is 1. The SMILES string of the molecule is COC(=O)CC1Nc2ccccc2C(OC)C1C(=O)OC. The van der Waals surface area contributed by atoms with Gasteiger partial charge in [0.25, 0.3) is 0 Å². The summed E-state index contributed by atoms with van der Waals surface area (Å²) in [6, 6.07) is 7.10. The molecule has 0 amide bonds. The van der Waals surface area contributed by atoms with E-state index in [2.05, 4.69) is 5.32 Å². The average molecular weight is 293 g/mol. The zero-order valence-corrected chi connectivity index (χ0v) is 12.3. The molecule has 0 saturated carbocycles. The number of rotatable bonds is 4. The van der Waals surface area contributed by atoms with Gasteiger partial charge in [0.1, 0.15) is 5.92 Å². The summed E-state index contributed by atoms with van der Waals surface area (Å²) in [6.07, 6.45) is -0.408. The van der Waals surface area contributed by atoms with Crippen LogP contribution in [0.2, 0.25) is 0 Å². The Morgan fingerprint density at radius 1 is 1.14 bits per heavy atom. The fraction of sp³-hybridized carbons (Fsp3) is 0.467. The lowest BCUT2D eigenvalue weighted by Crippen LogP contribution is -2.44. The number of benzene rings is 1. The van der Waals surface area contributed by atoms with Crippen LogP contribution in [0, 0.1) is 5.92 Å². The van der Waals surface area contributed by atoms with Crippen molar-refractivity contribution in [1.82, 2.24) is 0 Å². The van der Waals surface area contributed by atoms with E-state index in [1.165, 1.54) is 21.3 Å². The van der Waals surface area contributed by atoms with Crippen LogP contribution in [0.1, 0.15) is 18.1 Å². The van der Waals surface area contributed by atoms with Gasteiger partial charge >= 0.3 is 11.9 Å². The Balaban J connectivity index is 2.39. The first-order valence-electron chi connectivity index (χ1n) is 6.65. The molecular formula is C15H19NO5. The summed E-state index contributed by atoms with van der Waals surface area (Å²) in [6.45, 7) is 0. The molecule has 1 aliphatic rings. The highest BCUT2D eigenvalue weighted by Gasteiger charge is 2.43. The molecular weight excluding hydrogens is 274 g/mol. The van der Waals surface area contributed by atoms with Gasteiger partial charge < -0.3 is 19.5 Å². The molecule has 1 N–H and O–H groups in total. The van der Waals surface area contributed by atoms with E-state index >= 15 is 0 Å². The fourth-order valence-electron chi connectivity index (χ4n) is 2.71. The van der Waals surface area contributed by atoms with Crippen LogP contribution in [0.4, 0.5) is 5.69 Å². The largest absolute Gasteiger partial charge is 0.469 e. The quantitative estimate of drug-likeness (QED) is 0.848. The van der Waals surface area contributed by atoms with E-state index in [9.17, 15) is 9.59 Å². The summed E-state index contributed by atoms with van der Waals surface area (Å²) in [7, 11) is 4.18. The summed E-state index contributed by atoms with van der Waals surface area (Å²) in [5.41, 5.74) is 1.72. The molecule has 3 atom stereocenters. The Kier molecular flexibility index (Phi) is 4.80. The molecule has 114 valence electrons. The van der Waals surface area contributed by atoms with E-state index < -0.39 is 30.0 Å². The van der Waals surface area contributed by atoms with Gasteiger partial charge in [-0.15, -0.1) is 0 Å². The Hall–Kier alpha value is -2.08. The Morgan fingerprint density at radius 2 is 1.86 bits per heavy atom. The third-order valence-corrected chi connectivity index (χ3v) is 3.71. The number of carbonyl (C=O) groups is 2. The summed E-state index contributed by atoms with van der Waals surface area (Å²) in [4.78, 5) is 23.7. The van der Waals surface area contributed by atoms with E-state index in [1.807, 2.05) is 24.3 Å². The zero-order chi connectivity index (χ0) is 15.4. The average Bonchev–Trinajstić information content (AvgIpc) is 2.52. The molecule has 1 heterocycles. The Bertz CT molecular complexity index is 531. The van der Waals surface area contributed by atoms with Crippen molar-refractivity contribution in [2.45, 2.75) is 18.6 Å². The molecule has 2 rings (SSSR count). The number of anilines is 1. The highest BCUT2D eigenvalue weighted by Crippen LogP contribution is 2.40. The van der Waals surface area contributed by atoms with E-state index in [1.54, 1.807) is 0 Å². The topological polar surface area (TPSA) is 73.9 Å². The molecule has 1 aliphatic heterocycles. The lowest BCUT2D eigenvalue weighted by Gasteiger charge is -2.37. The predicted octanol–water partition coefficient (Wildman–Crippen LogP) is 1.52. The summed E-state index contributed by atoms with van der Waals surface area (Å²) in [5, 5.41) is 3.21. The van der Waals surface area contributed by atoms with Crippen molar-refractivity contribution >= 4 is 17.6 Å². The second-order valence-electron chi connectivity index (χ2n) is 4.82. The number of para-hydroxylation sites is 1. The molecule has 6 nitrogen and oxygen atoms in total. The fourth-order valence-corrected chi connectivity index (χ4v) is 2.71. The third kappa shape index (κ3) is 3.00. The van der Waals surface area contributed by atoms with Gasteiger partial charge in [0.2, 0.25) is 0 Å². The molecule has 1 aromatic rings. The molecule has 1 aromatic carbocycles. The number of esters is 2. The van der Waals surface area contributed by atoms with Crippen LogP contribution in [0.15, 0.2) is 24.3 Å². The van der Waals surface area contributed by atoms with E-state index in [0.717, 1.165) is 11.3 Å². The first-order chi connectivity index (χ1) is 10.1. The first kappa shape index (κ1) is 15.3. The molecule has 6 heteroatoms. The van der Waals surface area contributed by atoms with E-state index in [0.29, 0.717) is 0 Å². The van der Waals surface area contributed by atoms with Gasteiger partial charge in [-0.1, -0.05) is 18.2 Å². The molecule has 3 unspecified atom stereocenters. The standard InChI is InChI=1S/C15H19NO5/c1-19-12(17)8-11-13(15(18)21-3)14(20-2)9-6-4-5-7-10(9)16-11/h4-7,11,13-14,16H,8H2,1-3H3. The summed E-state index contributed by atoms with van der Waals surface area (Å²) in [5.74, 6) is -1.43. The van der Waals surface area contributed by atoms with Crippen molar-refractivity contribution in [2.24, 2.45) is 5.92 Å². The van der Waals surface area contributed by atoms with Crippen LogP contribution in [-0.4, -0.2) is 39.3 Å². The number of hydrogen-bond donors (Lipinski definition) is 1. The minimum Gasteiger partial charge on any atom is -0.469 e. The summed E-state index contributed by atoms with van der Waals surface area (Å²) < 4.78 is 15.1. The van der Waals surface area contributed by atoms with Crippen LogP contribution in [0.3, 0.4) is 0 Å². The highest BCUT2D eigenvalue weighted by atomic mass is 16.5. The molecule has 21 heavy (non-hydrogen) atoms.